The smallest absolute Gasteiger partial charge is 0.0441 e. The number of hydrogen-bond acceptors (Lipinski definition) is 2. The van der Waals surface area contributed by atoms with Crippen molar-refractivity contribution < 1.29 is 0 Å². The zero-order valence-electron chi connectivity index (χ0n) is 11.4. The Bertz CT molecular complexity index is 442. The molecule has 0 saturated carbocycles. The van der Waals surface area contributed by atoms with Gasteiger partial charge >= 0.3 is 0 Å². The van der Waals surface area contributed by atoms with Crippen molar-refractivity contribution in [3.05, 3.63) is 34.3 Å². The Balaban J connectivity index is 0.00000133. The van der Waals surface area contributed by atoms with Gasteiger partial charge in [-0.1, -0.05) is 30.7 Å². The molecule has 1 aromatic carbocycles. The van der Waals surface area contributed by atoms with Crippen LogP contribution in [0.5, 0.6) is 0 Å². The molecule has 1 fully saturated rings. The molecular formula is C15H22Cl2N2. The Hall–Kier alpha value is -0.280. The minimum Gasteiger partial charge on any atom is -0.316 e. The lowest BCUT2D eigenvalue weighted by molar-refractivity contribution is 0.164. The number of hydrogen-bond donors (Lipinski definition) is 1. The summed E-state index contributed by atoms with van der Waals surface area (Å²) in [4.78, 5) is 2.59. The fourth-order valence-electron chi connectivity index (χ4n) is 3.30. The monoisotopic (exact) mass is 300 g/mol. The standard InChI is InChI=1S/C15H21ClN2.ClH/c1-15(6-7-17-10-15)11-18-8-5-13-12(9-18)3-2-4-14(13)16;/h2-4,17H,5-11H2,1H3;1H. The fraction of sp³-hybridized carbons (Fsp3) is 0.600. The molecule has 3 rings (SSSR count). The van der Waals surface area contributed by atoms with E-state index >= 15 is 0 Å². The van der Waals surface area contributed by atoms with Crippen molar-refractivity contribution >= 4 is 24.0 Å². The molecule has 2 aliphatic heterocycles. The minimum absolute atomic E-state index is 0. The number of nitrogens with zero attached hydrogens (tertiary/aromatic N) is 1. The summed E-state index contributed by atoms with van der Waals surface area (Å²) in [6, 6.07) is 6.31. The lowest BCUT2D eigenvalue weighted by atomic mass is 9.88. The molecule has 0 aromatic heterocycles. The van der Waals surface area contributed by atoms with Gasteiger partial charge in [0, 0.05) is 31.2 Å². The summed E-state index contributed by atoms with van der Waals surface area (Å²) in [7, 11) is 0. The first-order valence-electron chi connectivity index (χ1n) is 6.86. The van der Waals surface area contributed by atoms with Crippen LogP contribution in [0.15, 0.2) is 18.2 Å². The van der Waals surface area contributed by atoms with Gasteiger partial charge in [0.25, 0.3) is 0 Å². The Kier molecular flexibility index (Phi) is 4.78. The molecule has 19 heavy (non-hydrogen) atoms. The number of nitrogens with one attached hydrogen (secondary N) is 1. The van der Waals surface area contributed by atoms with Crippen LogP contribution in [0.3, 0.4) is 0 Å². The third-order valence-electron chi connectivity index (χ3n) is 4.35. The highest BCUT2D eigenvalue weighted by molar-refractivity contribution is 6.31. The van der Waals surface area contributed by atoms with Crippen LogP contribution in [0.4, 0.5) is 0 Å². The van der Waals surface area contributed by atoms with Gasteiger partial charge in [-0.25, -0.2) is 0 Å². The van der Waals surface area contributed by atoms with E-state index in [1.54, 1.807) is 0 Å². The Morgan fingerprint density at radius 3 is 3.00 bits per heavy atom. The lowest BCUT2D eigenvalue weighted by Crippen LogP contribution is -2.40. The molecule has 2 nitrogen and oxygen atoms in total. The topological polar surface area (TPSA) is 15.3 Å². The number of halogens is 2. The van der Waals surface area contributed by atoms with Gasteiger partial charge in [0.05, 0.1) is 0 Å². The second-order valence-corrected chi connectivity index (χ2v) is 6.48. The minimum atomic E-state index is 0. The number of benzene rings is 1. The van der Waals surface area contributed by atoms with E-state index in [9.17, 15) is 0 Å². The summed E-state index contributed by atoms with van der Waals surface area (Å²) >= 11 is 6.26. The van der Waals surface area contributed by atoms with Crippen molar-refractivity contribution in [2.24, 2.45) is 5.41 Å². The van der Waals surface area contributed by atoms with Crippen molar-refractivity contribution in [3.63, 3.8) is 0 Å². The zero-order chi connectivity index (χ0) is 12.6. The maximum Gasteiger partial charge on any atom is 0.0441 e. The zero-order valence-corrected chi connectivity index (χ0v) is 13.0. The van der Waals surface area contributed by atoms with Gasteiger partial charge < -0.3 is 5.32 Å². The first-order valence-corrected chi connectivity index (χ1v) is 7.23. The highest BCUT2D eigenvalue weighted by atomic mass is 35.5. The van der Waals surface area contributed by atoms with Crippen LogP contribution in [0.2, 0.25) is 5.02 Å². The van der Waals surface area contributed by atoms with Crippen LogP contribution in [0, 0.1) is 5.41 Å². The van der Waals surface area contributed by atoms with Gasteiger partial charge in [-0.2, -0.15) is 0 Å². The van der Waals surface area contributed by atoms with Gasteiger partial charge in [-0.3, -0.25) is 4.90 Å². The summed E-state index contributed by atoms with van der Waals surface area (Å²) in [5.74, 6) is 0. The van der Waals surface area contributed by atoms with Gasteiger partial charge in [0.2, 0.25) is 0 Å². The van der Waals surface area contributed by atoms with E-state index in [2.05, 4.69) is 29.3 Å². The van der Waals surface area contributed by atoms with Crippen LogP contribution in [0.25, 0.3) is 0 Å². The number of fused-ring (bicyclic) bond motifs is 1. The first kappa shape index (κ1) is 15.1. The van der Waals surface area contributed by atoms with Gasteiger partial charge in [-0.15, -0.1) is 12.4 Å². The van der Waals surface area contributed by atoms with E-state index in [0.717, 1.165) is 31.1 Å². The molecule has 0 radical (unpaired) electrons. The quantitative estimate of drug-likeness (QED) is 0.903. The molecule has 0 bridgehead atoms. The molecule has 1 saturated heterocycles. The molecule has 0 amide bonds. The van der Waals surface area contributed by atoms with E-state index in [0.29, 0.717) is 5.41 Å². The van der Waals surface area contributed by atoms with E-state index < -0.39 is 0 Å². The molecule has 1 N–H and O–H groups in total. The maximum absolute atomic E-state index is 6.26. The first-order chi connectivity index (χ1) is 8.66. The molecular weight excluding hydrogens is 279 g/mol. The van der Waals surface area contributed by atoms with Crippen LogP contribution >= 0.6 is 24.0 Å². The lowest BCUT2D eigenvalue weighted by Gasteiger charge is -2.35. The maximum atomic E-state index is 6.26. The average Bonchev–Trinajstić information content (AvgIpc) is 2.76. The van der Waals surface area contributed by atoms with Crippen molar-refractivity contribution in [3.8, 4) is 0 Å². The molecule has 2 aliphatic rings. The van der Waals surface area contributed by atoms with E-state index in [-0.39, 0.29) is 12.4 Å². The largest absolute Gasteiger partial charge is 0.316 e. The Labute approximate surface area is 126 Å². The molecule has 1 atom stereocenters. The summed E-state index contributed by atoms with van der Waals surface area (Å²) < 4.78 is 0. The third-order valence-corrected chi connectivity index (χ3v) is 4.70. The van der Waals surface area contributed by atoms with Crippen molar-refractivity contribution in [2.75, 3.05) is 26.2 Å². The van der Waals surface area contributed by atoms with Crippen molar-refractivity contribution in [1.29, 1.82) is 0 Å². The van der Waals surface area contributed by atoms with Gasteiger partial charge in [0.15, 0.2) is 0 Å². The molecule has 0 spiro atoms. The predicted octanol–water partition coefficient (Wildman–Crippen LogP) is 3.12. The Morgan fingerprint density at radius 2 is 2.26 bits per heavy atom. The highest BCUT2D eigenvalue weighted by Crippen LogP contribution is 2.30. The van der Waals surface area contributed by atoms with E-state index in [1.807, 2.05) is 6.07 Å². The molecule has 106 valence electrons. The van der Waals surface area contributed by atoms with Crippen LogP contribution in [-0.2, 0) is 13.0 Å². The van der Waals surface area contributed by atoms with Crippen molar-refractivity contribution in [1.82, 2.24) is 10.2 Å². The molecule has 0 aliphatic carbocycles. The predicted molar refractivity (Wildman–Crippen MR) is 83.3 cm³/mol. The molecule has 4 heteroatoms. The fourth-order valence-corrected chi connectivity index (χ4v) is 3.59. The Morgan fingerprint density at radius 1 is 1.42 bits per heavy atom. The highest BCUT2D eigenvalue weighted by Gasteiger charge is 2.31. The molecule has 2 heterocycles. The van der Waals surface area contributed by atoms with E-state index in [1.165, 1.54) is 30.6 Å². The number of rotatable bonds is 2. The third kappa shape index (κ3) is 3.25. The van der Waals surface area contributed by atoms with Gasteiger partial charge in [-0.05, 0) is 42.0 Å². The summed E-state index contributed by atoms with van der Waals surface area (Å²) in [5, 5.41) is 4.43. The molecule has 1 unspecified atom stereocenters. The second-order valence-electron chi connectivity index (χ2n) is 6.08. The summed E-state index contributed by atoms with van der Waals surface area (Å²) in [6.07, 6.45) is 2.39. The summed E-state index contributed by atoms with van der Waals surface area (Å²) in [6.45, 7) is 8.14. The van der Waals surface area contributed by atoms with E-state index in [4.69, 9.17) is 11.6 Å². The van der Waals surface area contributed by atoms with Crippen LogP contribution in [0.1, 0.15) is 24.5 Å². The SMILES string of the molecule is CC1(CN2CCc3c(Cl)cccc3C2)CCNC1.Cl. The second kappa shape index (κ2) is 6.01. The normalized spacial score (nSPS) is 26.8. The summed E-state index contributed by atoms with van der Waals surface area (Å²) in [5.41, 5.74) is 3.24. The van der Waals surface area contributed by atoms with Crippen molar-refractivity contribution in [2.45, 2.75) is 26.3 Å². The van der Waals surface area contributed by atoms with Crippen LogP contribution in [-0.4, -0.2) is 31.1 Å². The average molecular weight is 301 g/mol. The van der Waals surface area contributed by atoms with Crippen LogP contribution < -0.4 is 5.32 Å². The van der Waals surface area contributed by atoms with Gasteiger partial charge in [0.1, 0.15) is 0 Å². The molecule has 1 aromatic rings.